The standard InChI is InChI=1S/C24H30O2.C23H28O2.C22H30O2.C22H32O2.C20H30O2/c1-4-23(2,3)20-15-13-19(14-16-20)22(25)26-24(17-9-6-10-18-24)21-11-7-5-8-12-21;1-4-22(2,3)19-14-12-18(13-15-19)21(24)25-23(16-8-9-17-23)20-10-6-5-7-11-20;1-4-21(2,3)20(23)24-22(17-8-6-5-7-9-17)18-11-15-10-16(13-18)14-19(22)12-15;1-4-21(2,3)20(23)24-22(19-12-6-5-7-13-19)15-14-17-10-8-9-11-18(17)16-22;1-4-19(2,3)18(21)22-20(17-13-9-8-10-14-17)15-11-6-5-7-12-16-20/h5,7-8,11-16H,4,6,9-10,17-18H2,1-3H3;5-7,10-15H,4,8-9,16-17H2,1-3H3;5-9,15-16,18-19H,4,10-14H2,1-3H3;5-7,12-13,17-18H,4,8-11,14-16H2,1-3H3;8-10,13-14H,4-7,11-12,15-16H2,1-3H3. The van der Waals surface area contributed by atoms with Crippen molar-refractivity contribution in [2.24, 2.45) is 51.8 Å². The van der Waals surface area contributed by atoms with Crippen LogP contribution in [0.25, 0.3) is 0 Å². The van der Waals surface area contributed by atoms with Crippen molar-refractivity contribution >= 4 is 29.8 Å². The summed E-state index contributed by atoms with van der Waals surface area (Å²) in [4.78, 5) is 64.3. The second-order valence-electron chi connectivity index (χ2n) is 40.8. The van der Waals surface area contributed by atoms with Gasteiger partial charge >= 0.3 is 29.8 Å². The lowest BCUT2D eigenvalue weighted by Crippen LogP contribution is -2.58. The number of ether oxygens (including phenoxy) is 5. The van der Waals surface area contributed by atoms with Crippen molar-refractivity contribution in [1.29, 1.82) is 0 Å². The highest BCUT2D eigenvalue weighted by molar-refractivity contribution is 5.90. The second kappa shape index (κ2) is 41.1. The topological polar surface area (TPSA) is 132 Å². The Morgan fingerprint density at radius 1 is 0.289 bits per heavy atom. The third-order valence-corrected chi connectivity index (χ3v) is 30.9. The Kier molecular flexibility index (Phi) is 31.8. The largest absolute Gasteiger partial charge is 0.454 e. The number of benzene rings is 7. The normalized spacial score (nSPS) is 24.0. The van der Waals surface area contributed by atoms with Crippen LogP contribution in [0.15, 0.2) is 200 Å². The average Bonchev–Trinajstić information content (AvgIpc) is 0.897. The van der Waals surface area contributed by atoms with E-state index in [1.807, 2.05) is 114 Å². The molecule has 0 aliphatic heterocycles. The van der Waals surface area contributed by atoms with E-state index in [1.54, 1.807) is 0 Å². The molecule has 9 fully saturated rings. The van der Waals surface area contributed by atoms with Gasteiger partial charge in [0.05, 0.1) is 27.4 Å². The number of hydrogen-bond acceptors (Lipinski definition) is 10. The SMILES string of the molecule is CCC(C)(C)C(=O)OC1(c2ccccc2)C2CC3CC(C2)CC1C3.CCC(C)(C)C(=O)OC1(c2ccccc2)CCC2CCCCC2C1.CCC(C)(C)C(=O)OC1(c2ccccc2)CCCCCCC1.CCC(C)(C)c1ccc(C(=O)OC2(c3ccccc3)CCCC2)cc1.CCC(C)(C)c1ccc(C(=O)OC2(c3ccccc3)CCCCC2)cc1. The number of rotatable bonds is 22. The van der Waals surface area contributed by atoms with Crippen molar-refractivity contribution in [3.63, 3.8) is 0 Å². The Bertz CT molecular complexity index is 4360. The summed E-state index contributed by atoms with van der Waals surface area (Å²) < 4.78 is 31.3. The van der Waals surface area contributed by atoms with E-state index in [9.17, 15) is 24.0 Å². The molecule has 7 aromatic rings. The fraction of sp³-hybridized carbons (Fsp3) is 0.577. The molecule has 0 heterocycles. The predicted molar refractivity (Wildman–Crippen MR) is 492 cm³/mol. The van der Waals surface area contributed by atoms with Gasteiger partial charge in [-0.15, -0.1) is 0 Å². The van der Waals surface area contributed by atoms with Gasteiger partial charge in [-0.25, -0.2) is 9.59 Å². The lowest BCUT2D eigenvalue weighted by Gasteiger charge is -2.60. The molecule has 0 N–H and O–H groups in total. The molecular formula is C111H150O10. The highest BCUT2D eigenvalue weighted by Gasteiger charge is 2.61. The summed E-state index contributed by atoms with van der Waals surface area (Å²) in [6, 6.07) is 67.8. The molecule has 4 bridgehead atoms. The smallest absolute Gasteiger partial charge is 0.339 e. The summed E-state index contributed by atoms with van der Waals surface area (Å²) >= 11 is 0. The lowest BCUT2D eigenvalue weighted by atomic mass is 9.48. The Labute approximate surface area is 729 Å². The summed E-state index contributed by atoms with van der Waals surface area (Å²) in [5, 5.41) is 0. The molecule has 3 unspecified atom stereocenters. The molecule has 10 nitrogen and oxygen atoms in total. The minimum atomic E-state index is -0.474. The molecule has 9 aliphatic carbocycles. The van der Waals surface area contributed by atoms with Gasteiger partial charge in [-0.1, -0.05) is 290 Å². The fourth-order valence-electron chi connectivity index (χ4n) is 20.8. The molecular weight excluding hydrogens is 1490 g/mol. The van der Waals surface area contributed by atoms with E-state index >= 15 is 0 Å². The summed E-state index contributed by atoms with van der Waals surface area (Å²) in [7, 11) is 0. The summed E-state index contributed by atoms with van der Waals surface area (Å²) in [5.74, 6) is 3.76. The van der Waals surface area contributed by atoms with Gasteiger partial charge in [0.15, 0.2) is 0 Å². The summed E-state index contributed by atoms with van der Waals surface area (Å²) in [5.41, 5.74) is 6.48. The molecule has 0 amide bonds. The van der Waals surface area contributed by atoms with Gasteiger partial charge in [0.25, 0.3) is 0 Å². The molecule has 0 radical (unpaired) electrons. The molecule has 3 atom stereocenters. The number of carbonyl (C=O) groups is 5. The van der Waals surface area contributed by atoms with E-state index in [1.165, 1.54) is 112 Å². The highest BCUT2D eigenvalue weighted by Crippen LogP contribution is 2.64. The summed E-state index contributed by atoms with van der Waals surface area (Å²) in [6.45, 7) is 31.5. The number of hydrogen-bond donors (Lipinski definition) is 0. The van der Waals surface area contributed by atoms with Crippen LogP contribution in [0, 0.1) is 51.8 Å². The van der Waals surface area contributed by atoms with E-state index in [4.69, 9.17) is 23.7 Å². The van der Waals surface area contributed by atoms with Crippen LogP contribution in [0.5, 0.6) is 0 Å². The van der Waals surface area contributed by atoms with Crippen LogP contribution < -0.4 is 0 Å². The molecule has 0 spiro atoms. The maximum atomic E-state index is 13.0. The van der Waals surface area contributed by atoms with Crippen molar-refractivity contribution in [3.8, 4) is 0 Å². The number of esters is 5. The maximum Gasteiger partial charge on any atom is 0.339 e. The zero-order valence-corrected chi connectivity index (χ0v) is 76.9. The van der Waals surface area contributed by atoms with Crippen molar-refractivity contribution in [2.45, 2.75) is 355 Å². The van der Waals surface area contributed by atoms with E-state index in [0.717, 1.165) is 156 Å². The fourth-order valence-corrected chi connectivity index (χ4v) is 20.8. The van der Waals surface area contributed by atoms with Crippen LogP contribution in [0.2, 0.25) is 0 Å². The number of fused-ring (bicyclic) bond motifs is 1. The van der Waals surface area contributed by atoms with Gasteiger partial charge in [0, 0.05) is 11.8 Å². The molecule has 7 aromatic carbocycles. The van der Waals surface area contributed by atoms with Crippen molar-refractivity contribution in [1.82, 2.24) is 0 Å². The van der Waals surface area contributed by atoms with E-state index in [2.05, 4.69) is 190 Å². The Morgan fingerprint density at radius 3 is 0.926 bits per heavy atom. The monoisotopic (exact) mass is 1640 g/mol. The van der Waals surface area contributed by atoms with Crippen LogP contribution in [-0.4, -0.2) is 29.8 Å². The first-order chi connectivity index (χ1) is 57.9. The first kappa shape index (κ1) is 93.6. The Morgan fingerprint density at radius 2 is 0.579 bits per heavy atom. The molecule has 121 heavy (non-hydrogen) atoms. The Balaban J connectivity index is 0.000000148. The predicted octanol–water partition coefficient (Wildman–Crippen LogP) is 29.2. The van der Waals surface area contributed by atoms with Crippen LogP contribution >= 0.6 is 0 Å². The van der Waals surface area contributed by atoms with Gasteiger partial charge in [-0.2, -0.15) is 0 Å². The van der Waals surface area contributed by atoms with Crippen molar-refractivity contribution in [2.75, 3.05) is 0 Å². The molecule has 10 heteroatoms. The van der Waals surface area contributed by atoms with Gasteiger partial charge < -0.3 is 23.7 Å². The van der Waals surface area contributed by atoms with Gasteiger partial charge in [-0.3, -0.25) is 14.4 Å². The first-order valence-electron chi connectivity index (χ1n) is 47.5. The number of carbonyl (C=O) groups excluding carboxylic acids is 5. The summed E-state index contributed by atoms with van der Waals surface area (Å²) in [6.07, 6.45) is 36.7. The maximum absolute atomic E-state index is 13.0. The quantitative estimate of drug-likeness (QED) is 0.0477. The second-order valence-corrected chi connectivity index (χ2v) is 40.8. The molecule has 9 aliphatic rings. The zero-order chi connectivity index (χ0) is 86.8. The molecule has 16 rings (SSSR count). The van der Waals surface area contributed by atoms with Gasteiger partial charge in [0.2, 0.25) is 0 Å². The molecule has 9 saturated carbocycles. The third kappa shape index (κ3) is 22.5. The molecule has 654 valence electrons. The van der Waals surface area contributed by atoms with E-state index in [-0.39, 0.29) is 46.3 Å². The van der Waals surface area contributed by atoms with Crippen LogP contribution in [0.1, 0.15) is 375 Å². The van der Waals surface area contributed by atoms with E-state index < -0.39 is 38.6 Å². The highest BCUT2D eigenvalue weighted by atomic mass is 16.6. The molecule has 0 aromatic heterocycles. The Hall–Kier alpha value is -8.11. The van der Waals surface area contributed by atoms with Crippen molar-refractivity contribution in [3.05, 3.63) is 250 Å². The van der Waals surface area contributed by atoms with Gasteiger partial charge in [-0.05, 0) is 300 Å². The van der Waals surface area contributed by atoms with E-state index in [0.29, 0.717) is 28.9 Å². The first-order valence-corrected chi connectivity index (χ1v) is 47.5. The zero-order valence-electron chi connectivity index (χ0n) is 76.9. The van der Waals surface area contributed by atoms with Crippen LogP contribution in [0.4, 0.5) is 0 Å². The van der Waals surface area contributed by atoms with Crippen molar-refractivity contribution < 1.29 is 47.7 Å². The third-order valence-electron chi connectivity index (χ3n) is 30.9. The molecule has 0 saturated heterocycles. The average molecular weight is 1640 g/mol. The van der Waals surface area contributed by atoms with Crippen LogP contribution in [-0.2, 0) is 76.9 Å². The van der Waals surface area contributed by atoms with Crippen LogP contribution in [0.3, 0.4) is 0 Å². The lowest BCUT2D eigenvalue weighted by molar-refractivity contribution is -0.222. The minimum absolute atomic E-state index is 0.0127. The minimum Gasteiger partial charge on any atom is -0.454 e. The van der Waals surface area contributed by atoms with Gasteiger partial charge in [0.1, 0.15) is 28.0 Å².